The number of hydrogen-bond acceptors (Lipinski definition) is 2. The number of hydrogen-bond donors (Lipinski definition) is 1. The average molecular weight is 236 g/mol. The first-order valence-electron chi connectivity index (χ1n) is 3.37. The van der Waals surface area contributed by atoms with Crippen molar-refractivity contribution in [2.24, 2.45) is 0 Å². The molecular weight excluding hydrogens is 232 g/mol. The summed E-state index contributed by atoms with van der Waals surface area (Å²) in [6, 6.07) is 0.883. The summed E-state index contributed by atoms with van der Waals surface area (Å²) in [5, 5.41) is 7.98. The van der Waals surface area contributed by atoms with Crippen molar-refractivity contribution in [3.8, 4) is 0 Å². The Balaban J connectivity index is 3.29. The van der Waals surface area contributed by atoms with Crippen LogP contribution < -0.4 is 0 Å². The van der Waals surface area contributed by atoms with Gasteiger partial charge in [0.25, 0.3) is 0 Å². The standard InChI is InChI=1S/C8H4Cl2FNO2/c1-3(8(13)14)4-2-5(11)7(10)12-6(4)9/h2H,1H2,(H,13,14). The number of aliphatic carboxylic acids is 1. The van der Waals surface area contributed by atoms with Gasteiger partial charge in [0.2, 0.25) is 0 Å². The van der Waals surface area contributed by atoms with Gasteiger partial charge in [-0.05, 0) is 6.07 Å². The molecular formula is C8H4Cl2FNO2. The molecule has 6 heteroatoms. The normalized spacial score (nSPS) is 9.93. The van der Waals surface area contributed by atoms with E-state index in [-0.39, 0.29) is 16.3 Å². The third-order valence-corrected chi connectivity index (χ3v) is 2.02. The molecule has 0 spiro atoms. The van der Waals surface area contributed by atoms with Crippen LogP contribution in [-0.2, 0) is 4.79 Å². The monoisotopic (exact) mass is 235 g/mol. The van der Waals surface area contributed by atoms with Crippen LogP contribution in [0.2, 0.25) is 10.3 Å². The van der Waals surface area contributed by atoms with Crippen LogP contribution in [0.25, 0.3) is 5.57 Å². The van der Waals surface area contributed by atoms with Crippen molar-refractivity contribution in [2.45, 2.75) is 0 Å². The lowest BCUT2D eigenvalue weighted by molar-refractivity contribution is -0.130. The third kappa shape index (κ3) is 2.02. The van der Waals surface area contributed by atoms with Gasteiger partial charge in [-0.3, -0.25) is 0 Å². The molecule has 1 aromatic rings. The van der Waals surface area contributed by atoms with E-state index in [9.17, 15) is 9.18 Å². The van der Waals surface area contributed by atoms with Crippen molar-refractivity contribution in [3.63, 3.8) is 0 Å². The van der Waals surface area contributed by atoms with Crippen molar-refractivity contribution in [3.05, 3.63) is 34.3 Å². The van der Waals surface area contributed by atoms with E-state index in [0.717, 1.165) is 6.07 Å². The minimum Gasteiger partial charge on any atom is -0.478 e. The Labute approximate surface area is 88.8 Å². The highest BCUT2D eigenvalue weighted by molar-refractivity contribution is 6.35. The Morgan fingerprint density at radius 2 is 2.07 bits per heavy atom. The molecule has 0 aliphatic carbocycles. The van der Waals surface area contributed by atoms with Crippen molar-refractivity contribution >= 4 is 34.7 Å². The summed E-state index contributed by atoms with van der Waals surface area (Å²) in [5.74, 6) is -2.14. The van der Waals surface area contributed by atoms with Crippen molar-refractivity contribution in [1.29, 1.82) is 0 Å². The Morgan fingerprint density at radius 3 is 2.57 bits per heavy atom. The zero-order valence-corrected chi connectivity index (χ0v) is 8.23. The molecule has 0 aliphatic rings. The van der Waals surface area contributed by atoms with Crippen molar-refractivity contribution in [2.75, 3.05) is 0 Å². The van der Waals surface area contributed by atoms with E-state index in [0.29, 0.717) is 0 Å². The molecule has 1 rings (SSSR count). The van der Waals surface area contributed by atoms with Crippen LogP contribution in [0.3, 0.4) is 0 Å². The lowest BCUT2D eigenvalue weighted by atomic mass is 10.1. The molecule has 74 valence electrons. The molecule has 0 aliphatic heterocycles. The number of carboxylic acid groups (broad SMARTS) is 1. The second-order valence-electron chi connectivity index (χ2n) is 2.38. The van der Waals surface area contributed by atoms with Gasteiger partial charge in [-0.2, -0.15) is 0 Å². The maximum atomic E-state index is 12.9. The summed E-state index contributed by atoms with van der Waals surface area (Å²) in [4.78, 5) is 13.9. The molecule has 0 aromatic carbocycles. The molecule has 0 atom stereocenters. The number of aromatic nitrogens is 1. The molecule has 0 unspecified atom stereocenters. The molecule has 0 saturated carbocycles. The van der Waals surface area contributed by atoms with E-state index < -0.39 is 16.9 Å². The van der Waals surface area contributed by atoms with Crippen molar-refractivity contribution < 1.29 is 14.3 Å². The first-order valence-corrected chi connectivity index (χ1v) is 4.13. The van der Waals surface area contributed by atoms with Crippen LogP contribution in [0.15, 0.2) is 12.6 Å². The molecule has 1 N–H and O–H groups in total. The Hall–Kier alpha value is -1.13. The fourth-order valence-corrected chi connectivity index (χ4v) is 1.21. The first kappa shape index (κ1) is 10.9. The van der Waals surface area contributed by atoms with Crippen molar-refractivity contribution in [1.82, 2.24) is 4.98 Å². The summed E-state index contributed by atoms with van der Waals surface area (Å²) in [6.07, 6.45) is 0. The maximum absolute atomic E-state index is 12.9. The molecule has 1 heterocycles. The van der Waals surface area contributed by atoms with Crippen LogP contribution >= 0.6 is 23.2 Å². The van der Waals surface area contributed by atoms with Gasteiger partial charge in [-0.25, -0.2) is 14.2 Å². The third-order valence-electron chi connectivity index (χ3n) is 1.47. The number of halogens is 3. The van der Waals surface area contributed by atoms with E-state index in [1.54, 1.807) is 0 Å². The zero-order valence-electron chi connectivity index (χ0n) is 6.72. The molecule has 0 radical (unpaired) electrons. The lowest BCUT2D eigenvalue weighted by Crippen LogP contribution is -2.01. The van der Waals surface area contributed by atoms with Gasteiger partial charge < -0.3 is 5.11 Å². The minimum absolute atomic E-state index is 0.0823. The smallest absolute Gasteiger partial charge is 0.335 e. The molecule has 14 heavy (non-hydrogen) atoms. The lowest BCUT2D eigenvalue weighted by Gasteiger charge is -2.03. The summed E-state index contributed by atoms with van der Waals surface area (Å²) in [7, 11) is 0. The summed E-state index contributed by atoms with van der Waals surface area (Å²) in [6.45, 7) is 3.22. The highest BCUT2D eigenvalue weighted by atomic mass is 35.5. The summed E-state index contributed by atoms with van der Waals surface area (Å²) < 4.78 is 12.9. The second kappa shape index (κ2) is 3.94. The first-order chi connectivity index (χ1) is 6.43. The van der Waals surface area contributed by atoms with Crippen LogP contribution in [0.4, 0.5) is 4.39 Å². The Morgan fingerprint density at radius 1 is 1.50 bits per heavy atom. The van der Waals surface area contributed by atoms with Gasteiger partial charge in [-0.15, -0.1) is 0 Å². The molecule has 1 aromatic heterocycles. The van der Waals surface area contributed by atoms with Crippen LogP contribution in [0.1, 0.15) is 5.56 Å². The molecule has 3 nitrogen and oxygen atoms in total. The zero-order chi connectivity index (χ0) is 10.9. The average Bonchev–Trinajstić information content (AvgIpc) is 2.10. The number of pyridine rings is 1. The number of rotatable bonds is 2. The van der Waals surface area contributed by atoms with Gasteiger partial charge in [0.15, 0.2) is 11.0 Å². The Bertz CT molecular complexity index is 420. The number of carboxylic acids is 1. The number of carbonyl (C=O) groups is 1. The quantitative estimate of drug-likeness (QED) is 0.634. The van der Waals surface area contributed by atoms with Crippen LogP contribution in [0.5, 0.6) is 0 Å². The van der Waals surface area contributed by atoms with E-state index in [2.05, 4.69) is 11.6 Å². The molecule has 0 saturated heterocycles. The largest absolute Gasteiger partial charge is 0.478 e. The molecule has 0 fully saturated rings. The van der Waals surface area contributed by atoms with Gasteiger partial charge in [0, 0.05) is 5.56 Å². The van der Waals surface area contributed by atoms with E-state index in [4.69, 9.17) is 28.3 Å². The topological polar surface area (TPSA) is 50.2 Å². The van der Waals surface area contributed by atoms with Crippen LogP contribution in [0, 0.1) is 5.82 Å². The van der Waals surface area contributed by atoms with Gasteiger partial charge in [0.1, 0.15) is 5.15 Å². The molecule has 0 bridgehead atoms. The predicted octanol–water partition coefficient (Wildman–Crippen LogP) is 2.63. The van der Waals surface area contributed by atoms with Gasteiger partial charge in [0.05, 0.1) is 5.57 Å². The van der Waals surface area contributed by atoms with E-state index in [1.165, 1.54) is 0 Å². The minimum atomic E-state index is -1.30. The number of nitrogens with zero attached hydrogens (tertiary/aromatic N) is 1. The highest BCUT2D eigenvalue weighted by Gasteiger charge is 2.15. The fourth-order valence-electron chi connectivity index (χ4n) is 0.772. The van der Waals surface area contributed by atoms with E-state index in [1.807, 2.05) is 0 Å². The SMILES string of the molecule is C=C(C(=O)O)c1cc(F)c(Cl)nc1Cl. The Kier molecular flexibility index (Phi) is 3.08. The molecule has 0 amide bonds. The van der Waals surface area contributed by atoms with Crippen LogP contribution in [-0.4, -0.2) is 16.1 Å². The van der Waals surface area contributed by atoms with Gasteiger partial charge in [-0.1, -0.05) is 29.8 Å². The maximum Gasteiger partial charge on any atom is 0.335 e. The summed E-state index contributed by atoms with van der Waals surface area (Å²) in [5.41, 5.74) is -0.417. The predicted molar refractivity (Wildman–Crippen MR) is 50.9 cm³/mol. The van der Waals surface area contributed by atoms with Gasteiger partial charge >= 0.3 is 5.97 Å². The van der Waals surface area contributed by atoms with E-state index >= 15 is 0 Å². The second-order valence-corrected chi connectivity index (χ2v) is 3.10. The highest BCUT2D eigenvalue weighted by Crippen LogP contribution is 2.25. The fraction of sp³-hybridized carbons (Fsp3) is 0. The summed E-state index contributed by atoms with van der Waals surface area (Å²) >= 11 is 10.9.